The molecule has 0 atom stereocenters. The molecule has 0 saturated carbocycles. The lowest BCUT2D eigenvalue weighted by Gasteiger charge is -2.02. The van der Waals surface area contributed by atoms with Crippen LogP contribution in [0.1, 0.15) is 12.1 Å². The van der Waals surface area contributed by atoms with E-state index in [2.05, 4.69) is 15.3 Å². The molecule has 0 saturated heterocycles. The van der Waals surface area contributed by atoms with E-state index in [0.717, 1.165) is 36.0 Å². The van der Waals surface area contributed by atoms with Crippen molar-refractivity contribution in [1.82, 2.24) is 9.97 Å². The van der Waals surface area contributed by atoms with E-state index in [1.165, 1.54) is 0 Å². The Labute approximate surface area is 94.8 Å². The summed E-state index contributed by atoms with van der Waals surface area (Å²) in [7, 11) is 3.57. The number of anilines is 1. The molecule has 0 aliphatic carbocycles. The van der Waals surface area contributed by atoms with Crippen molar-refractivity contribution in [3.05, 3.63) is 18.1 Å². The summed E-state index contributed by atoms with van der Waals surface area (Å²) in [5, 5.41) is 2.94. The zero-order chi connectivity index (χ0) is 10.9. The lowest BCUT2D eigenvalue weighted by atomic mass is 10.5. The quantitative estimate of drug-likeness (QED) is 0.720. The molecule has 0 fully saturated rings. The van der Waals surface area contributed by atoms with Gasteiger partial charge in [-0.05, 0) is 12.2 Å². The molecule has 1 aromatic heterocycles. The average Bonchev–Trinajstić information content (AvgIpc) is 2.30. The third-order valence-electron chi connectivity index (χ3n) is 1.85. The lowest BCUT2D eigenvalue weighted by Crippen LogP contribution is -1.96. The molecular formula is C10H17N3OS. The first-order chi connectivity index (χ1) is 7.36. The number of nitrogens with zero attached hydrogens (tertiary/aromatic N) is 2. The molecule has 0 radical (unpaired) electrons. The van der Waals surface area contributed by atoms with E-state index in [1.54, 1.807) is 13.3 Å². The van der Waals surface area contributed by atoms with Crippen molar-refractivity contribution >= 4 is 17.6 Å². The summed E-state index contributed by atoms with van der Waals surface area (Å²) in [6, 6.07) is 0. The van der Waals surface area contributed by atoms with Gasteiger partial charge in [-0.15, -0.1) is 0 Å². The SMILES string of the molecule is CNc1cnc(CSCCCOC)cn1. The molecule has 0 aliphatic rings. The number of hydrogen-bond acceptors (Lipinski definition) is 5. The maximum Gasteiger partial charge on any atom is 0.144 e. The number of hydrogen-bond donors (Lipinski definition) is 1. The maximum atomic E-state index is 4.97. The molecule has 84 valence electrons. The highest BCUT2D eigenvalue weighted by Gasteiger charge is 1.96. The standard InChI is InChI=1S/C10H17N3OS/c1-11-10-7-12-9(6-13-10)8-15-5-3-4-14-2/h6-7H,3-5,8H2,1-2H3,(H,11,13). The van der Waals surface area contributed by atoms with Crippen molar-refractivity contribution < 1.29 is 4.74 Å². The molecule has 1 rings (SSSR count). The minimum Gasteiger partial charge on any atom is -0.385 e. The van der Waals surface area contributed by atoms with Crippen molar-refractivity contribution in [1.29, 1.82) is 0 Å². The minimum atomic E-state index is 0.808. The molecule has 1 aromatic rings. The van der Waals surface area contributed by atoms with Crippen LogP contribution in [0.2, 0.25) is 0 Å². The summed E-state index contributed by atoms with van der Waals surface area (Å²) < 4.78 is 4.97. The van der Waals surface area contributed by atoms with E-state index in [0.29, 0.717) is 0 Å². The zero-order valence-electron chi connectivity index (χ0n) is 9.19. The van der Waals surface area contributed by atoms with Crippen molar-refractivity contribution in [2.45, 2.75) is 12.2 Å². The van der Waals surface area contributed by atoms with Crippen LogP contribution in [-0.2, 0) is 10.5 Å². The predicted octanol–water partition coefficient (Wildman–Crippen LogP) is 1.79. The molecular weight excluding hydrogens is 210 g/mol. The average molecular weight is 227 g/mol. The smallest absolute Gasteiger partial charge is 0.144 e. The summed E-state index contributed by atoms with van der Waals surface area (Å²) in [5.74, 6) is 2.83. The van der Waals surface area contributed by atoms with Crippen molar-refractivity contribution in [3.63, 3.8) is 0 Å². The van der Waals surface area contributed by atoms with E-state index in [1.807, 2.05) is 25.0 Å². The van der Waals surface area contributed by atoms with E-state index in [4.69, 9.17) is 4.74 Å². The Kier molecular flexibility index (Phi) is 6.11. The number of aromatic nitrogens is 2. The second kappa shape index (κ2) is 7.48. The van der Waals surface area contributed by atoms with Crippen LogP contribution >= 0.6 is 11.8 Å². The molecule has 0 amide bonds. The molecule has 4 nitrogen and oxygen atoms in total. The van der Waals surface area contributed by atoms with Gasteiger partial charge in [0, 0.05) is 26.5 Å². The van der Waals surface area contributed by atoms with Crippen molar-refractivity contribution in [2.75, 3.05) is 31.8 Å². The zero-order valence-corrected chi connectivity index (χ0v) is 10.0. The lowest BCUT2D eigenvalue weighted by molar-refractivity contribution is 0.200. The number of thioether (sulfide) groups is 1. The summed E-state index contributed by atoms with van der Waals surface area (Å²) in [6.07, 6.45) is 4.66. The molecule has 5 heteroatoms. The molecule has 0 spiro atoms. The largest absolute Gasteiger partial charge is 0.385 e. The minimum absolute atomic E-state index is 0.808. The molecule has 0 bridgehead atoms. The fourth-order valence-electron chi connectivity index (χ4n) is 1.04. The Morgan fingerprint density at radius 3 is 2.87 bits per heavy atom. The highest BCUT2D eigenvalue weighted by Crippen LogP contribution is 2.11. The fourth-order valence-corrected chi connectivity index (χ4v) is 1.86. The third kappa shape index (κ3) is 4.99. The highest BCUT2D eigenvalue weighted by atomic mass is 32.2. The van der Waals surface area contributed by atoms with Crippen molar-refractivity contribution in [2.24, 2.45) is 0 Å². The van der Waals surface area contributed by atoms with Gasteiger partial charge in [-0.2, -0.15) is 11.8 Å². The van der Waals surface area contributed by atoms with Gasteiger partial charge in [-0.3, -0.25) is 4.98 Å². The Bertz CT molecular complexity index is 266. The van der Waals surface area contributed by atoms with Gasteiger partial charge < -0.3 is 10.1 Å². The van der Waals surface area contributed by atoms with Crippen LogP contribution < -0.4 is 5.32 Å². The van der Waals surface area contributed by atoms with Gasteiger partial charge in [-0.25, -0.2) is 4.98 Å². The molecule has 1 heterocycles. The Morgan fingerprint density at radius 1 is 1.40 bits per heavy atom. The van der Waals surface area contributed by atoms with E-state index in [9.17, 15) is 0 Å². The van der Waals surface area contributed by atoms with Crippen molar-refractivity contribution in [3.8, 4) is 0 Å². The number of ether oxygens (including phenoxy) is 1. The number of rotatable bonds is 7. The first kappa shape index (κ1) is 12.3. The van der Waals surface area contributed by atoms with Crippen LogP contribution in [-0.4, -0.2) is 36.5 Å². The van der Waals surface area contributed by atoms with Gasteiger partial charge in [0.2, 0.25) is 0 Å². The summed E-state index contributed by atoms with van der Waals surface area (Å²) in [5.41, 5.74) is 1.02. The van der Waals surface area contributed by atoms with Crippen LogP contribution in [0.15, 0.2) is 12.4 Å². The second-order valence-corrected chi connectivity index (χ2v) is 4.15. The second-order valence-electron chi connectivity index (χ2n) is 3.04. The molecule has 15 heavy (non-hydrogen) atoms. The summed E-state index contributed by atoms with van der Waals surface area (Å²) in [6.45, 7) is 0.831. The summed E-state index contributed by atoms with van der Waals surface area (Å²) >= 11 is 1.86. The number of nitrogens with one attached hydrogen (secondary N) is 1. The van der Waals surface area contributed by atoms with Crippen LogP contribution in [0.4, 0.5) is 5.82 Å². The van der Waals surface area contributed by atoms with E-state index in [-0.39, 0.29) is 0 Å². The first-order valence-corrected chi connectivity index (χ1v) is 6.07. The normalized spacial score (nSPS) is 10.3. The van der Waals surface area contributed by atoms with Gasteiger partial charge in [0.1, 0.15) is 5.82 Å². The van der Waals surface area contributed by atoms with Crippen LogP contribution in [0.3, 0.4) is 0 Å². The molecule has 1 N–H and O–H groups in total. The Balaban J connectivity index is 2.20. The van der Waals surface area contributed by atoms with Gasteiger partial charge in [0.05, 0.1) is 18.1 Å². The summed E-state index contributed by atoms with van der Waals surface area (Å²) in [4.78, 5) is 8.49. The van der Waals surface area contributed by atoms with Gasteiger partial charge in [0.25, 0.3) is 0 Å². The molecule has 0 aromatic carbocycles. The number of methoxy groups -OCH3 is 1. The Morgan fingerprint density at radius 2 is 2.27 bits per heavy atom. The monoisotopic (exact) mass is 227 g/mol. The predicted molar refractivity (Wildman–Crippen MR) is 64.2 cm³/mol. The molecule has 0 unspecified atom stereocenters. The molecule has 0 aliphatic heterocycles. The topological polar surface area (TPSA) is 47.0 Å². The fraction of sp³-hybridized carbons (Fsp3) is 0.600. The van der Waals surface area contributed by atoms with Gasteiger partial charge in [-0.1, -0.05) is 0 Å². The van der Waals surface area contributed by atoms with Gasteiger partial charge in [0.15, 0.2) is 0 Å². The Hall–Kier alpha value is -0.810. The van der Waals surface area contributed by atoms with Crippen LogP contribution in [0, 0.1) is 0 Å². The highest BCUT2D eigenvalue weighted by molar-refractivity contribution is 7.98. The third-order valence-corrected chi connectivity index (χ3v) is 2.93. The maximum absolute atomic E-state index is 4.97. The van der Waals surface area contributed by atoms with E-state index < -0.39 is 0 Å². The first-order valence-electron chi connectivity index (χ1n) is 4.92. The van der Waals surface area contributed by atoms with E-state index >= 15 is 0 Å². The van der Waals surface area contributed by atoms with Crippen LogP contribution in [0.5, 0.6) is 0 Å². The van der Waals surface area contributed by atoms with Crippen LogP contribution in [0.25, 0.3) is 0 Å². The van der Waals surface area contributed by atoms with Gasteiger partial charge >= 0.3 is 0 Å².